The normalized spacial score (nSPS) is 10.7. The summed E-state index contributed by atoms with van der Waals surface area (Å²) < 4.78 is 5.46. The number of nitrogens with zero attached hydrogens (tertiary/aromatic N) is 1. The molecule has 0 saturated carbocycles. The van der Waals surface area contributed by atoms with Gasteiger partial charge in [-0.25, -0.2) is 4.98 Å². The van der Waals surface area contributed by atoms with Gasteiger partial charge in [0, 0.05) is 5.38 Å². The lowest BCUT2D eigenvalue weighted by Crippen LogP contribution is -2.20. The number of nitrogens with one attached hydrogen (secondary N) is 1. The van der Waals surface area contributed by atoms with Crippen molar-refractivity contribution >= 4 is 22.4 Å². The molecule has 1 aromatic carbocycles. The Morgan fingerprint density at radius 3 is 2.62 bits per heavy atom. The summed E-state index contributed by atoms with van der Waals surface area (Å²) in [5.74, 6) is 0.865. The van der Waals surface area contributed by atoms with Crippen LogP contribution in [0.15, 0.2) is 29.6 Å². The van der Waals surface area contributed by atoms with Gasteiger partial charge in [0.2, 0.25) is 0 Å². The molecule has 2 rings (SSSR count). The number of benzene rings is 1. The lowest BCUT2D eigenvalue weighted by Gasteiger charge is -2.06. The molecule has 112 valence electrons. The number of hydrogen-bond donors (Lipinski definition) is 1. The van der Waals surface area contributed by atoms with Crippen molar-refractivity contribution in [1.29, 1.82) is 0 Å². The first kappa shape index (κ1) is 15.5. The molecule has 1 heterocycles. The molecule has 0 spiro atoms. The van der Waals surface area contributed by atoms with Crippen LogP contribution in [0.5, 0.6) is 5.75 Å². The summed E-state index contributed by atoms with van der Waals surface area (Å²) >= 11 is 1.43. The Labute approximate surface area is 129 Å². The highest BCUT2D eigenvalue weighted by Gasteiger charge is 2.09. The Hall–Kier alpha value is -1.88. The number of rotatable bonds is 6. The Morgan fingerprint density at radius 1 is 1.33 bits per heavy atom. The molecule has 2 aromatic rings. The maximum atomic E-state index is 11.8. The number of anilines is 1. The van der Waals surface area contributed by atoms with Crippen LogP contribution in [-0.2, 0) is 11.2 Å². The van der Waals surface area contributed by atoms with Gasteiger partial charge in [0.25, 0.3) is 5.91 Å². The molecular weight excluding hydrogens is 284 g/mol. The lowest BCUT2D eigenvalue weighted by atomic mass is 10.2. The number of aryl methyl sites for hydroxylation is 1. The van der Waals surface area contributed by atoms with Crippen LogP contribution in [0.1, 0.15) is 37.9 Å². The minimum atomic E-state index is -0.195. The highest BCUT2D eigenvalue weighted by atomic mass is 32.1. The summed E-state index contributed by atoms with van der Waals surface area (Å²) in [5, 5.41) is 5.34. The molecule has 0 aliphatic rings. The van der Waals surface area contributed by atoms with Crippen LogP contribution in [0.25, 0.3) is 0 Å². The van der Waals surface area contributed by atoms with Crippen molar-refractivity contribution in [1.82, 2.24) is 4.98 Å². The zero-order valence-corrected chi connectivity index (χ0v) is 13.4. The van der Waals surface area contributed by atoms with Crippen molar-refractivity contribution in [2.45, 2.75) is 33.1 Å². The van der Waals surface area contributed by atoms with Gasteiger partial charge in [-0.2, -0.15) is 0 Å². The Bertz CT molecular complexity index is 591. The Kier molecular flexibility index (Phi) is 5.33. The second-order valence-electron chi connectivity index (χ2n) is 5.07. The van der Waals surface area contributed by atoms with E-state index < -0.39 is 0 Å². The first-order valence-corrected chi connectivity index (χ1v) is 7.93. The van der Waals surface area contributed by atoms with Crippen LogP contribution < -0.4 is 10.1 Å². The number of aromatic nitrogens is 1. The predicted octanol–water partition coefficient (Wildman–Crippen LogP) is 3.85. The van der Waals surface area contributed by atoms with Crippen molar-refractivity contribution in [3.8, 4) is 5.75 Å². The van der Waals surface area contributed by atoms with Crippen molar-refractivity contribution < 1.29 is 9.53 Å². The van der Waals surface area contributed by atoms with E-state index in [1.165, 1.54) is 16.9 Å². The summed E-state index contributed by atoms with van der Waals surface area (Å²) in [5.41, 5.74) is 2.24. The SMILES string of the molecule is CCc1ccc(OCC(=O)Nc2nc(C(C)C)cs2)cc1. The largest absolute Gasteiger partial charge is 0.484 e. The highest BCUT2D eigenvalue weighted by molar-refractivity contribution is 7.13. The topological polar surface area (TPSA) is 51.2 Å². The van der Waals surface area contributed by atoms with E-state index in [0.717, 1.165) is 12.1 Å². The molecule has 0 bridgehead atoms. The van der Waals surface area contributed by atoms with Gasteiger partial charge < -0.3 is 4.74 Å². The fourth-order valence-corrected chi connectivity index (χ4v) is 2.62. The van der Waals surface area contributed by atoms with Gasteiger partial charge in [-0.3, -0.25) is 10.1 Å². The number of hydrogen-bond acceptors (Lipinski definition) is 4. The average Bonchev–Trinajstić information content (AvgIpc) is 2.94. The molecule has 0 fully saturated rings. The predicted molar refractivity (Wildman–Crippen MR) is 86.1 cm³/mol. The number of amides is 1. The molecule has 0 saturated heterocycles. The van der Waals surface area contributed by atoms with Crippen LogP contribution in [0.3, 0.4) is 0 Å². The van der Waals surface area contributed by atoms with E-state index in [4.69, 9.17) is 4.74 Å². The molecule has 1 N–H and O–H groups in total. The third-order valence-corrected chi connectivity index (χ3v) is 3.84. The standard InChI is InChI=1S/C16H20N2O2S/c1-4-12-5-7-13(8-6-12)20-9-15(19)18-16-17-14(10-21-16)11(2)3/h5-8,10-11H,4,9H2,1-3H3,(H,17,18,19). The van der Waals surface area contributed by atoms with E-state index in [1.807, 2.05) is 29.6 Å². The third kappa shape index (κ3) is 4.56. The molecule has 1 aromatic heterocycles. The fraction of sp³-hybridized carbons (Fsp3) is 0.375. The molecule has 5 heteroatoms. The van der Waals surface area contributed by atoms with Gasteiger partial charge in [0.05, 0.1) is 5.69 Å². The third-order valence-electron chi connectivity index (χ3n) is 3.06. The second-order valence-corrected chi connectivity index (χ2v) is 5.92. The van der Waals surface area contributed by atoms with Gasteiger partial charge >= 0.3 is 0 Å². The molecule has 21 heavy (non-hydrogen) atoms. The van der Waals surface area contributed by atoms with Crippen molar-refractivity contribution in [3.05, 3.63) is 40.9 Å². The van der Waals surface area contributed by atoms with Gasteiger partial charge in [-0.15, -0.1) is 11.3 Å². The van der Waals surface area contributed by atoms with E-state index >= 15 is 0 Å². The van der Waals surface area contributed by atoms with Crippen LogP contribution in [0, 0.1) is 0 Å². The Balaban J connectivity index is 1.83. The summed E-state index contributed by atoms with van der Waals surface area (Å²) in [6.45, 7) is 6.23. The summed E-state index contributed by atoms with van der Waals surface area (Å²) in [4.78, 5) is 16.2. The summed E-state index contributed by atoms with van der Waals surface area (Å²) in [7, 11) is 0. The summed E-state index contributed by atoms with van der Waals surface area (Å²) in [6.07, 6.45) is 0.989. The molecule has 0 atom stereocenters. The van der Waals surface area contributed by atoms with E-state index in [0.29, 0.717) is 16.8 Å². The molecular formula is C16H20N2O2S. The minimum absolute atomic E-state index is 0.0118. The zero-order valence-electron chi connectivity index (χ0n) is 12.6. The number of carbonyl (C=O) groups is 1. The van der Waals surface area contributed by atoms with Gasteiger partial charge in [-0.1, -0.05) is 32.9 Å². The smallest absolute Gasteiger partial charge is 0.264 e. The molecule has 4 nitrogen and oxygen atoms in total. The van der Waals surface area contributed by atoms with E-state index in [1.54, 1.807) is 0 Å². The molecule has 0 aliphatic heterocycles. The van der Waals surface area contributed by atoms with Crippen LogP contribution in [-0.4, -0.2) is 17.5 Å². The lowest BCUT2D eigenvalue weighted by molar-refractivity contribution is -0.118. The highest BCUT2D eigenvalue weighted by Crippen LogP contribution is 2.21. The molecule has 1 amide bonds. The van der Waals surface area contributed by atoms with Crippen molar-refractivity contribution in [2.24, 2.45) is 0 Å². The molecule has 0 radical (unpaired) electrons. The quantitative estimate of drug-likeness (QED) is 0.882. The average molecular weight is 304 g/mol. The number of thiazole rings is 1. The Morgan fingerprint density at radius 2 is 2.05 bits per heavy atom. The zero-order chi connectivity index (χ0) is 15.2. The minimum Gasteiger partial charge on any atom is -0.484 e. The van der Waals surface area contributed by atoms with Gasteiger partial charge in [-0.05, 0) is 30.0 Å². The van der Waals surface area contributed by atoms with Crippen LogP contribution >= 0.6 is 11.3 Å². The first-order valence-electron chi connectivity index (χ1n) is 7.05. The van der Waals surface area contributed by atoms with Crippen molar-refractivity contribution in [2.75, 3.05) is 11.9 Å². The summed E-state index contributed by atoms with van der Waals surface area (Å²) in [6, 6.07) is 7.77. The van der Waals surface area contributed by atoms with Gasteiger partial charge in [0.1, 0.15) is 5.75 Å². The fourth-order valence-electron chi connectivity index (χ4n) is 1.73. The van der Waals surface area contributed by atoms with Crippen LogP contribution in [0.4, 0.5) is 5.13 Å². The number of carbonyl (C=O) groups excluding carboxylic acids is 1. The molecule has 0 unspecified atom stereocenters. The first-order chi connectivity index (χ1) is 10.1. The number of ether oxygens (including phenoxy) is 1. The van der Waals surface area contributed by atoms with E-state index in [-0.39, 0.29) is 12.5 Å². The van der Waals surface area contributed by atoms with E-state index in [9.17, 15) is 4.79 Å². The van der Waals surface area contributed by atoms with Crippen molar-refractivity contribution in [3.63, 3.8) is 0 Å². The second kappa shape index (κ2) is 7.22. The molecule has 0 aliphatic carbocycles. The maximum absolute atomic E-state index is 11.8. The maximum Gasteiger partial charge on any atom is 0.264 e. The monoisotopic (exact) mass is 304 g/mol. The van der Waals surface area contributed by atoms with Gasteiger partial charge in [0.15, 0.2) is 11.7 Å². The van der Waals surface area contributed by atoms with E-state index in [2.05, 4.69) is 31.1 Å². The van der Waals surface area contributed by atoms with Crippen LogP contribution in [0.2, 0.25) is 0 Å².